The van der Waals surface area contributed by atoms with Crippen LogP contribution < -0.4 is 21.3 Å². The van der Waals surface area contributed by atoms with Crippen molar-refractivity contribution in [3.63, 3.8) is 0 Å². The topological polar surface area (TPSA) is 116 Å². The second-order valence-electron chi connectivity index (χ2n) is 4.66. The molecule has 9 heteroatoms. The van der Waals surface area contributed by atoms with E-state index in [2.05, 4.69) is 21.3 Å². The summed E-state index contributed by atoms with van der Waals surface area (Å²) in [6.07, 6.45) is 0.147. The number of carbonyl (C=O) groups excluding carboxylic acids is 4. The molecule has 1 fully saturated rings. The van der Waals surface area contributed by atoms with Gasteiger partial charge in [-0.2, -0.15) is 0 Å². The third-order valence-corrected chi connectivity index (χ3v) is 2.84. The van der Waals surface area contributed by atoms with E-state index < -0.39 is 12.1 Å². The quantitative estimate of drug-likeness (QED) is 0.382. The zero-order valence-electron chi connectivity index (χ0n) is 11.9. The minimum Gasteiger partial charge on any atom is -0.354 e. The first-order valence-corrected chi connectivity index (χ1v) is 6.54. The molecule has 0 aromatic heterocycles. The van der Waals surface area contributed by atoms with Gasteiger partial charge in [-0.05, 0) is 13.8 Å². The molecule has 0 aliphatic carbocycles. The van der Waals surface area contributed by atoms with Crippen LogP contribution in [0.15, 0.2) is 0 Å². The van der Waals surface area contributed by atoms with Gasteiger partial charge in [-0.1, -0.05) is 0 Å². The number of rotatable bonds is 0. The summed E-state index contributed by atoms with van der Waals surface area (Å²) in [5.74, 6) is -1.33. The van der Waals surface area contributed by atoms with Gasteiger partial charge in [0.1, 0.15) is 12.1 Å². The third kappa shape index (κ3) is 7.08. The van der Waals surface area contributed by atoms with E-state index in [1.54, 1.807) is 13.8 Å². The minimum atomic E-state index is -0.678. The van der Waals surface area contributed by atoms with Gasteiger partial charge >= 0.3 is 0 Å². The molecule has 4 N–H and O–H groups in total. The summed E-state index contributed by atoms with van der Waals surface area (Å²) < 4.78 is 0. The van der Waals surface area contributed by atoms with Gasteiger partial charge in [0.25, 0.3) is 0 Å². The van der Waals surface area contributed by atoms with Crippen LogP contribution in [-0.2, 0) is 35.7 Å². The minimum absolute atomic E-state index is 0. The van der Waals surface area contributed by atoms with Crippen LogP contribution in [0, 0.1) is 0 Å². The van der Waals surface area contributed by atoms with E-state index in [-0.39, 0.29) is 66.1 Å². The second kappa shape index (κ2) is 9.34. The molecule has 2 unspecified atom stereocenters. The van der Waals surface area contributed by atoms with Crippen molar-refractivity contribution in [3.8, 4) is 0 Å². The number of carbonyl (C=O) groups is 4. The summed E-state index contributed by atoms with van der Waals surface area (Å²) in [4.78, 5) is 46.3. The Balaban J connectivity index is 0.00000400. The fourth-order valence-electron chi connectivity index (χ4n) is 1.66. The zero-order valence-corrected chi connectivity index (χ0v) is 12.9. The maximum Gasteiger partial charge on any atom is 0.242 e. The Bertz CT molecular complexity index is 378. The van der Waals surface area contributed by atoms with E-state index in [1.165, 1.54) is 0 Å². The number of nitrogens with one attached hydrogen (secondary N) is 4. The molecular formula is C12H20N4NiO4. The predicted molar refractivity (Wildman–Crippen MR) is 70.5 cm³/mol. The Morgan fingerprint density at radius 1 is 0.762 bits per heavy atom. The first kappa shape index (κ1) is 19.4. The van der Waals surface area contributed by atoms with Crippen molar-refractivity contribution < 1.29 is 35.7 Å². The molecule has 0 radical (unpaired) electrons. The molecule has 1 rings (SSSR count). The van der Waals surface area contributed by atoms with Crippen LogP contribution in [0.3, 0.4) is 0 Å². The predicted octanol–water partition coefficient (Wildman–Crippen LogP) is -1.98. The van der Waals surface area contributed by atoms with Gasteiger partial charge in [0.2, 0.25) is 23.6 Å². The van der Waals surface area contributed by atoms with Crippen molar-refractivity contribution in [2.24, 2.45) is 0 Å². The molecule has 1 heterocycles. The molecule has 1 saturated heterocycles. The van der Waals surface area contributed by atoms with Gasteiger partial charge in [-0.15, -0.1) is 0 Å². The third-order valence-electron chi connectivity index (χ3n) is 2.84. The van der Waals surface area contributed by atoms with Crippen LogP contribution in [-0.4, -0.2) is 48.8 Å². The van der Waals surface area contributed by atoms with Crippen LogP contribution in [0.1, 0.15) is 26.7 Å². The second-order valence-corrected chi connectivity index (χ2v) is 4.66. The van der Waals surface area contributed by atoms with Gasteiger partial charge in [0, 0.05) is 42.4 Å². The van der Waals surface area contributed by atoms with Gasteiger partial charge in [0.05, 0.1) is 0 Å². The number of hydrogen-bond donors (Lipinski definition) is 4. The Hall–Kier alpha value is -1.63. The summed E-state index contributed by atoms with van der Waals surface area (Å²) in [7, 11) is 0. The maximum atomic E-state index is 11.6. The Labute approximate surface area is 133 Å². The van der Waals surface area contributed by atoms with Crippen LogP contribution in [0.5, 0.6) is 0 Å². The van der Waals surface area contributed by atoms with Crippen molar-refractivity contribution in [1.29, 1.82) is 0 Å². The average molecular weight is 343 g/mol. The van der Waals surface area contributed by atoms with Crippen molar-refractivity contribution in [3.05, 3.63) is 0 Å². The molecule has 2 atom stereocenters. The smallest absolute Gasteiger partial charge is 0.242 e. The molecule has 0 saturated carbocycles. The normalized spacial score (nSPS) is 25.4. The summed E-state index contributed by atoms with van der Waals surface area (Å²) in [5.41, 5.74) is 0. The first-order valence-electron chi connectivity index (χ1n) is 6.54. The standard InChI is InChI=1S/C12H20N4O4.Ni/c1-7-11(19)13-5-4-10(18)16-8(2)12(20)14-6-3-9(17)15-7;/h7-8H,3-6H2,1-2H3,(H,13,19)(H,14,20)(H,15,17)(H,16,18);. The molecule has 0 bridgehead atoms. The summed E-state index contributed by atoms with van der Waals surface area (Å²) in [6.45, 7) is 3.41. The molecule has 0 spiro atoms. The molecule has 21 heavy (non-hydrogen) atoms. The van der Waals surface area contributed by atoms with Crippen LogP contribution in [0.2, 0.25) is 0 Å². The van der Waals surface area contributed by atoms with E-state index in [1.807, 2.05) is 0 Å². The monoisotopic (exact) mass is 342 g/mol. The van der Waals surface area contributed by atoms with Gasteiger partial charge in [0.15, 0.2) is 0 Å². The molecule has 4 amide bonds. The molecule has 1 aliphatic rings. The first-order chi connectivity index (χ1) is 9.40. The van der Waals surface area contributed by atoms with Crippen LogP contribution in [0.25, 0.3) is 0 Å². The van der Waals surface area contributed by atoms with Gasteiger partial charge in [-0.25, -0.2) is 0 Å². The van der Waals surface area contributed by atoms with Crippen molar-refractivity contribution in [2.45, 2.75) is 38.8 Å². The van der Waals surface area contributed by atoms with E-state index in [0.717, 1.165) is 0 Å². The number of hydrogen-bond acceptors (Lipinski definition) is 4. The molecule has 8 nitrogen and oxygen atoms in total. The maximum absolute atomic E-state index is 11.6. The largest absolute Gasteiger partial charge is 0.354 e. The molecule has 1 aliphatic heterocycles. The van der Waals surface area contributed by atoms with Crippen LogP contribution in [0.4, 0.5) is 0 Å². The molecule has 122 valence electrons. The number of amides is 4. The van der Waals surface area contributed by atoms with Crippen molar-refractivity contribution >= 4 is 23.6 Å². The Morgan fingerprint density at radius 3 is 1.43 bits per heavy atom. The van der Waals surface area contributed by atoms with Gasteiger partial charge < -0.3 is 21.3 Å². The van der Waals surface area contributed by atoms with E-state index in [0.29, 0.717) is 0 Å². The molecule has 0 aromatic carbocycles. The fourth-order valence-corrected chi connectivity index (χ4v) is 1.66. The Morgan fingerprint density at radius 2 is 1.10 bits per heavy atom. The van der Waals surface area contributed by atoms with Crippen molar-refractivity contribution in [1.82, 2.24) is 21.3 Å². The summed E-state index contributed by atoms with van der Waals surface area (Å²) in [6, 6.07) is -1.36. The van der Waals surface area contributed by atoms with Gasteiger partial charge in [-0.3, -0.25) is 19.2 Å². The fraction of sp³-hybridized carbons (Fsp3) is 0.667. The Kier molecular flexibility index (Phi) is 8.61. The summed E-state index contributed by atoms with van der Waals surface area (Å²) in [5, 5.41) is 10.1. The van der Waals surface area contributed by atoms with E-state index >= 15 is 0 Å². The van der Waals surface area contributed by atoms with Crippen molar-refractivity contribution in [2.75, 3.05) is 13.1 Å². The molecular weight excluding hydrogens is 323 g/mol. The molecule has 0 aromatic rings. The zero-order chi connectivity index (χ0) is 15.1. The van der Waals surface area contributed by atoms with E-state index in [4.69, 9.17) is 0 Å². The summed E-state index contributed by atoms with van der Waals surface area (Å²) >= 11 is 0. The van der Waals surface area contributed by atoms with Crippen LogP contribution >= 0.6 is 0 Å². The average Bonchev–Trinajstić information content (AvgIpc) is 2.37. The van der Waals surface area contributed by atoms with E-state index in [9.17, 15) is 19.2 Å². The SMILES string of the molecule is CC1NC(=O)CCNC(=O)C(C)NC(=O)CCNC1=O.[Ni].